The molecule has 1 heterocycles. The van der Waals surface area contributed by atoms with Gasteiger partial charge in [0, 0.05) is 6.04 Å². The van der Waals surface area contributed by atoms with Gasteiger partial charge in [0.25, 0.3) is 0 Å². The van der Waals surface area contributed by atoms with Gasteiger partial charge in [-0.1, -0.05) is 30.4 Å². The van der Waals surface area contributed by atoms with E-state index in [1.807, 2.05) is 6.92 Å². The molecule has 4 nitrogen and oxygen atoms in total. The topological polar surface area (TPSA) is 62.4 Å². The summed E-state index contributed by atoms with van der Waals surface area (Å²) >= 11 is 0. The molecule has 0 bridgehead atoms. The van der Waals surface area contributed by atoms with E-state index in [4.69, 9.17) is 5.73 Å². The van der Waals surface area contributed by atoms with Crippen LogP contribution in [0.2, 0.25) is 0 Å². The Balaban J connectivity index is 2.44. The quantitative estimate of drug-likeness (QED) is 0.625. The summed E-state index contributed by atoms with van der Waals surface area (Å²) in [4.78, 5) is 4.18. The van der Waals surface area contributed by atoms with Crippen LogP contribution in [-0.4, -0.2) is 18.2 Å². The van der Waals surface area contributed by atoms with Gasteiger partial charge in [0.1, 0.15) is 5.84 Å². The van der Waals surface area contributed by atoms with Crippen LogP contribution in [-0.2, 0) is 0 Å². The zero-order chi connectivity index (χ0) is 12.1. The van der Waals surface area contributed by atoms with Crippen LogP contribution in [0.4, 0.5) is 0 Å². The van der Waals surface area contributed by atoms with Crippen molar-refractivity contribution in [2.24, 2.45) is 10.7 Å². The largest absolute Gasteiger partial charge is 0.382 e. The van der Waals surface area contributed by atoms with Crippen molar-refractivity contribution in [2.45, 2.75) is 33.1 Å². The SMILES string of the molecule is C=C1NC(NC(C)/C=C\C(C)=C/C)N=C1N. The number of nitrogens with two attached hydrogens (primary N) is 1. The van der Waals surface area contributed by atoms with Crippen LogP contribution in [0.25, 0.3) is 0 Å². The number of hydrogen-bond donors (Lipinski definition) is 3. The lowest BCUT2D eigenvalue weighted by molar-refractivity contribution is 0.473. The Hall–Kier alpha value is -1.55. The minimum Gasteiger partial charge on any atom is -0.382 e. The van der Waals surface area contributed by atoms with Crippen molar-refractivity contribution >= 4 is 5.84 Å². The van der Waals surface area contributed by atoms with Crippen molar-refractivity contribution in [1.82, 2.24) is 10.6 Å². The molecule has 88 valence electrons. The van der Waals surface area contributed by atoms with E-state index in [0.29, 0.717) is 11.5 Å². The van der Waals surface area contributed by atoms with E-state index >= 15 is 0 Å². The monoisotopic (exact) mass is 220 g/mol. The second-order valence-electron chi connectivity index (χ2n) is 3.89. The number of aliphatic imine (C=N–C) groups is 1. The van der Waals surface area contributed by atoms with E-state index in [9.17, 15) is 0 Å². The van der Waals surface area contributed by atoms with E-state index in [1.54, 1.807) is 0 Å². The maximum absolute atomic E-state index is 5.61. The molecule has 16 heavy (non-hydrogen) atoms. The average molecular weight is 220 g/mol. The fourth-order valence-electron chi connectivity index (χ4n) is 1.26. The van der Waals surface area contributed by atoms with Gasteiger partial charge in [0.15, 0.2) is 6.29 Å². The Bertz CT molecular complexity index is 352. The fraction of sp³-hybridized carbons (Fsp3) is 0.417. The number of allylic oxidation sites excluding steroid dienone is 3. The Kier molecular flexibility index (Phi) is 4.31. The zero-order valence-corrected chi connectivity index (χ0v) is 10.1. The van der Waals surface area contributed by atoms with E-state index in [2.05, 4.69) is 54.3 Å². The molecule has 1 aliphatic rings. The summed E-state index contributed by atoms with van der Waals surface area (Å²) in [6, 6.07) is 0.217. The molecule has 2 atom stereocenters. The van der Waals surface area contributed by atoms with Gasteiger partial charge in [-0.25, -0.2) is 4.99 Å². The predicted molar refractivity (Wildman–Crippen MR) is 68.9 cm³/mol. The third-order valence-electron chi connectivity index (χ3n) is 2.41. The molecule has 2 unspecified atom stereocenters. The minimum absolute atomic E-state index is 0.168. The fourth-order valence-corrected chi connectivity index (χ4v) is 1.26. The highest BCUT2D eigenvalue weighted by Crippen LogP contribution is 2.02. The van der Waals surface area contributed by atoms with Crippen molar-refractivity contribution in [3.05, 3.63) is 36.1 Å². The van der Waals surface area contributed by atoms with Crippen LogP contribution in [0.1, 0.15) is 20.8 Å². The van der Waals surface area contributed by atoms with E-state index in [1.165, 1.54) is 5.57 Å². The Morgan fingerprint density at radius 1 is 1.69 bits per heavy atom. The number of nitrogens with one attached hydrogen (secondary N) is 2. The summed E-state index contributed by atoms with van der Waals surface area (Å²) in [6.45, 7) is 9.89. The lowest BCUT2D eigenvalue weighted by atomic mass is 10.2. The molecule has 0 amide bonds. The second-order valence-corrected chi connectivity index (χ2v) is 3.89. The number of nitrogens with zero attached hydrogens (tertiary/aromatic N) is 1. The van der Waals surface area contributed by atoms with Crippen molar-refractivity contribution < 1.29 is 0 Å². The van der Waals surface area contributed by atoms with Crippen LogP contribution in [0.15, 0.2) is 41.1 Å². The maximum atomic E-state index is 5.61. The second kappa shape index (κ2) is 5.51. The first kappa shape index (κ1) is 12.5. The summed E-state index contributed by atoms with van der Waals surface area (Å²) in [5.41, 5.74) is 7.52. The van der Waals surface area contributed by atoms with Crippen LogP contribution in [0, 0.1) is 0 Å². The molecule has 0 saturated carbocycles. The van der Waals surface area contributed by atoms with Gasteiger partial charge >= 0.3 is 0 Å². The molecule has 1 aliphatic heterocycles. The summed E-state index contributed by atoms with van der Waals surface area (Å²) in [5, 5.41) is 6.32. The molecule has 0 fully saturated rings. The molecule has 0 spiro atoms. The third kappa shape index (κ3) is 3.55. The van der Waals surface area contributed by atoms with Crippen molar-refractivity contribution in [3.63, 3.8) is 0 Å². The van der Waals surface area contributed by atoms with Crippen LogP contribution in [0.5, 0.6) is 0 Å². The standard InChI is InChI=1S/C12H20N4/c1-5-8(2)6-7-9(3)14-12-15-10(4)11(13)16-12/h5-7,9,12,14-15H,4H2,1-3H3,(H2,13,16)/b7-6-,8-5-. The van der Waals surface area contributed by atoms with Gasteiger partial charge in [-0.05, 0) is 20.8 Å². The molecule has 1 rings (SSSR count). The van der Waals surface area contributed by atoms with Gasteiger partial charge in [-0.15, -0.1) is 0 Å². The van der Waals surface area contributed by atoms with Gasteiger partial charge in [-0.2, -0.15) is 0 Å². The van der Waals surface area contributed by atoms with E-state index in [-0.39, 0.29) is 12.3 Å². The zero-order valence-electron chi connectivity index (χ0n) is 10.1. The molecule has 0 aromatic rings. The first-order valence-corrected chi connectivity index (χ1v) is 5.39. The molecule has 4 heteroatoms. The molecule has 0 aromatic carbocycles. The molecule has 0 aliphatic carbocycles. The predicted octanol–water partition coefficient (Wildman–Crippen LogP) is 1.24. The van der Waals surface area contributed by atoms with Gasteiger partial charge in [-0.3, -0.25) is 5.32 Å². The smallest absolute Gasteiger partial charge is 0.176 e. The first-order valence-electron chi connectivity index (χ1n) is 5.39. The van der Waals surface area contributed by atoms with Crippen molar-refractivity contribution in [3.8, 4) is 0 Å². The summed E-state index contributed by atoms with van der Waals surface area (Å²) in [5.74, 6) is 0.471. The maximum Gasteiger partial charge on any atom is 0.176 e. The summed E-state index contributed by atoms with van der Waals surface area (Å²) in [6.07, 6.45) is 6.06. The van der Waals surface area contributed by atoms with E-state index in [0.717, 1.165) is 0 Å². The molecule has 0 saturated heterocycles. The molecule has 0 aromatic heterocycles. The van der Waals surface area contributed by atoms with Crippen LogP contribution < -0.4 is 16.4 Å². The molecular weight excluding hydrogens is 200 g/mol. The molecule has 0 radical (unpaired) electrons. The average Bonchev–Trinajstić information content (AvgIpc) is 2.54. The van der Waals surface area contributed by atoms with Crippen molar-refractivity contribution in [1.29, 1.82) is 0 Å². The third-order valence-corrected chi connectivity index (χ3v) is 2.41. The first-order chi connectivity index (χ1) is 7.52. The lowest BCUT2D eigenvalue weighted by Gasteiger charge is -2.15. The number of hydrogen-bond acceptors (Lipinski definition) is 4. The molecular formula is C12H20N4. The highest BCUT2D eigenvalue weighted by Gasteiger charge is 2.17. The Morgan fingerprint density at radius 3 is 2.88 bits per heavy atom. The summed E-state index contributed by atoms with van der Waals surface area (Å²) < 4.78 is 0. The van der Waals surface area contributed by atoms with Gasteiger partial charge < -0.3 is 11.1 Å². The van der Waals surface area contributed by atoms with Crippen molar-refractivity contribution in [2.75, 3.05) is 0 Å². The van der Waals surface area contributed by atoms with Gasteiger partial charge in [0.05, 0.1) is 5.70 Å². The Morgan fingerprint density at radius 2 is 2.38 bits per heavy atom. The minimum atomic E-state index is -0.168. The number of amidine groups is 1. The highest BCUT2D eigenvalue weighted by atomic mass is 15.3. The lowest BCUT2D eigenvalue weighted by Crippen LogP contribution is -2.41. The summed E-state index contributed by atoms with van der Waals surface area (Å²) in [7, 11) is 0. The Labute approximate surface area is 97.0 Å². The van der Waals surface area contributed by atoms with E-state index < -0.39 is 0 Å². The van der Waals surface area contributed by atoms with Crippen LogP contribution >= 0.6 is 0 Å². The normalized spacial score (nSPS) is 23.4. The van der Waals surface area contributed by atoms with Crippen LogP contribution in [0.3, 0.4) is 0 Å². The number of rotatable bonds is 4. The molecule has 4 N–H and O–H groups in total. The highest BCUT2D eigenvalue weighted by molar-refractivity contribution is 5.97. The van der Waals surface area contributed by atoms with Gasteiger partial charge in [0.2, 0.25) is 0 Å².